The lowest BCUT2D eigenvalue weighted by molar-refractivity contribution is -0.123. The Morgan fingerprint density at radius 2 is 1.94 bits per heavy atom. The van der Waals surface area contributed by atoms with Gasteiger partial charge < -0.3 is 10.1 Å². The summed E-state index contributed by atoms with van der Waals surface area (Å²) in [7, 11) is 0. The predicted octanol–water partition coefficient (Wildman–Crippen LogP) is 5.08. The van der Waals surface area contributed by atoms with Crippen molar-refractivity contribution < 1.29 is 14.3 Å². The van der Waals surface area contributed by atoms with Crippen molar-refractivity contribution in [3.63, 3.8) is 0 Å². The molecular formula is C23H27Cl2N3O3. The van der Waals surface area contributed by atoms with Gasteiger partial charge in [-0.1, -0.05) is 62.5 Å². The highest BCUT2D eigenvalue weighted by molar-refractivity contribution is 6.36. The first-order valence-electron chi connectivity index (χ1n) is 10.1. The van der Waals surface area contributed by atoms with Crippen LogP contribution in [0.2, 0.25) is 10.0 Å². The second-order valence-electron chi connectivity index (χ2n) is 7.33. The van der Waals surface area contributed by atoms with Crippen molar-refractivity contribution in [3.05, 3.63) is 63.6 Å². The van der Waals surface area contributed by atoms with Crippen LogP contribution >= 0.6 is 23.2 Å². The van der Waals surface area contributed by atoms with Crippen LogP contribution in [0, 0.1) is 5.92 Å². The van der Waals surface area contributed by atoms with E-state index in [9.17, 15) is 9.59 Å². The highest BCUT2D eigenvalue weighted by Gasteiger charge is 2.25. The quantitative estimate of drug-likeness (QED) is 0.293. The van der Waals surface area contributed by atoms with Gasteiger partial charge in [-0.15, -0.1) is 0 Å². The number of ether oxygens (including phenoxy) is 1. The van der Waals surface area contributed by atoms with Gasteiger partial charge in [0, 0.05) is 5.02 Å². The Balaban J connectivity index is 1.99. The number of unbranched alkanes of at least 4 members (excludes halogenated alkanes) is 1. The van der Waals surface area contributed by atoms with Crippen LogP contribution in [0.1, 0.15) is 49.5 Å². The Bertz CT molecular complexity index is 932. The van der Waals surface area contributed by atoms with Gasteiger partial charge in [-0.2, -0.15) is 5.10 Å². The van der Waals surface area contributed by atoms with E-state index in [0.717, 1.165) is 24.2 Å². The van der Waals surface area contributed by atoms with Gasteiger partial charge in [0.15, 0.2) is 0 Å². The molecule has 6 nitrogen and oxygen atoms in total. The van der Waals surface area contributed by atoms with Crippen LogP contribution in [0.4, 0.5) is 0 Å². The number of amides is 2. The summed E-state index contributed by atoms with van der Waals surface area (Å²) in [6, 6.07) is 11.2. The van der Waals surface area contributed by atoms with Gasteiger partial charge >= 0.3 is 0 Å². The molecule has 2 amide bonds. The smallest absolute Gasteiger partial charge is 0.262 e. The molecule has 2 N–H and O–H groups in total. The van der Waals surface area contributed by atoms with Crippen molar-refractivity contribution >= 4 is 41.2 Å². The van der Waals surface area contributed by atoms with Gasteiger partial charge in [0.2, 0.25) is 0 Å². The molecule has 2 aromatic rings. The highest BCUT2D eigenvalue weighted by Crippen LogP contribution is 2.21. The van der Waals surface area contributed by atoms with E-state index < -0.39 is 17.9 Å². The molecule has 0 aliphatic rings. The third kappa shape index (κ3) is 7.89. The maximum Gasteiger partial charge on any atom is 0.262 e. The van der Waals surface area contributed by atoms with Crippen molar-refractivity contribution in [2.75, 3.05) is 6.61 Å². The van der Waals surface area contributed by atoms with Crippen LogP contribution in [0.3, 0.4) is 0 Å². The Labute approximate surface area is 193 Å². The lowest BCUT2D eigenvalue weighted by atomic mass is 10.0. The van der Waals surface area contributed by atoms with Gasteiger partial charge in [-0.3, -0.25) is 9.59 Å². The first kappa shape index (κ1) is 24.7. The third-order valence-electron chi connectivity index (χ3n) is 4.42. The summed E-state index contributed by atoms with van der Waals surface area (Å²) in [4.78, 5) is 25.2. The second-order valence-corrected chi connectivity index (χ2v) is 8.17. The Kier molecular flexibility index (Phi) is 9.82. The predicted molar refractivity (Wildman–Crippen MR) is 125 cm³/mol. The molecule has 8 heteroatoms. The van der Waals surface area contributed by atoms with E-state index in [0.29, 0.717) is 11.6 Å². The molecule has 1 unspecified atom stereocenters. The number of benzene rings is 2. The monoisotopic (exact) mass is 463 g/mol. The van der Waals surface area contributed by atoms with Gasteiger partial charge in [0.1, 0.15) is 11.8 Å². The number of hydrogen-bond donors (Lipinski definition) is 2. The zero-order chi connectivity index (χ0) is 22.8. The molecule has 0 aromatic heterocycles. The number of rotatable bonds is 10. The molecule has 0 spiro atoms. The summed E-state index contributed by atoms with van der Waals surface area (Å²) in [5.74, 6) is -0.312. The fourth-order valence-electron chi connectivity index (χ4n) is 2.69. The van der Waals surface area contributed by atoms with Crippen LogP contribution in [-0.2, 0) is 4.79 Å². The third-order valence-corrected chi connectivity index (χ3v) is 4.97. The molecule has 0 aliphatic carbocycles. The van der Waals surface area contributed by atoms with Crippen LogP contribution in [0.25, 0.3) is 0 Å². The van der Waals surface area contributed by atoms with Crippen molar-refractivity contribution in [2.24, 2.45) is 11.0 Å². The first-order chi connectivity index (χ1) is 14.8. The van der Waals surface area contributed by atoms with E-state index in [4.69, 9.17) is 27.9 Å². The van der Waals surface area contributed by atoms with E-state index in [1.807, 2.05) is 38.1 Å². The zero-order valence-corrected chi connectivity index (χ0v) is 19.3. The average Bonchev–Trinajstić information content (AvgIpc) is 2.72. The van der Waals surface area contributed by atoms with E-state index in [1.165, 1.54) is 18.3 Å². The van der Waals surface area contributed by atoms with Crippen molar-refractivity contribution in [1.29, 1.82) is 0 Å². The standard InChI is InChI=1S/C23H27Cl2N3O3/c1-4-5-11-31-18-8-6-7-16(12-18)14-26-28-23(30)21(15(2)3)27-22(29)19-10-9-17(24)13-20(19)25/h6-10,12-15,21H,4-5,11H2,1-3H3,(H,27,29)(H,28,30). The van der Waals surface area contributed by atoms with Crippen LogP contribution in [0.15, 0.2) is 47.6 Å². The number of hydrogen-bond acceptors (Lipinski definition) is 4. The molecule has 0 aliphatic heterocycles. The summed E-state index contributed by atoms with van der Waals surface area (Å²) < 4.78 is 5.67. The van der Waals surface area contributed by atoms with Gasteiger partial charge in [0.25, 0.3) is 11.8 Å². The molecule has 2 rings (SSSR count). The zero-order valence-electron chi connectivity index (χ0n) is 17.8. The largest absolute Gasteiger partial charge is 0.494 e. The lowest BCUT2D eigenvalue weighted by Crippen LogP contribution is -2.48. The Hall–Kier alpha value is -2.57. The normalized spacial score (nSPS) is 12.1. The van der Waals surface area contributed by atoms with Crippen molar-refractivity contribution in [3.8, 4) is 5.75 Å². The number of nitrogens with zero attached hydrogens (tertiary/aromatic N) is 1. The highest BCUT2D eigenvalue weighted by atomic mass is 35.5. The molecule has 2 aromatic carbocycles. The fraction of sp³-hybridized carbons (Fsp3) is 0.348. The van der Waals surface area contributed by atoms with Crippen molar-refractivity contribution in [2.45, 2.75) is 39.7 Å². The number of nitrogens with one attached hydrogen (secondary N) is 2. The summed E-state index contributed by atoms with van der Waals surface area (Å²) in [5.41, 5.74) is 3.51. The molecule has 0 bridgehead atoms. The number of carbonyl (C=O) groups is 2. The minimum absolute atomic E-state index is 0.166. The van der Waals surface area contributed by atoms with Gasteiger partial charge in [-0.05, 0) is 48.2 Å². The van der Waals surface area contributed by atoms with E-state index in [-0.39, 0.29) is 16.5 Å². The minimum atomic E-state index is -0.792. The second kappa shape index (κ2) is 12.3. The maximum atomic E-state index is 12.6. The first-order valence-corrected chi connectivity index (χ1v) is 10.9. The maximum absolute atomic E-state index is 12.6. The van der Waals surface area contributed by atoms with E-state index >= 15 is 0 Å². The number of carbonyl (C=O) groups excluding carboxylic acids is 2. The van der Waals surface area contributed by atoms with Gasteiger partial charge in [0.05, 0.1) is 23.4 Å². The SMILES string of the molecule is CCCCOc1cccc(C=NNC(=O)C(NC(=O)c2ccc(Cl)cc2Cl)C(C)C)c1. The average molecular weight is 464 g/mol. The fourth-order valence-corrected chi connectivity index (χ4v) is 3.18. The molecule has 0 fully saturated rings. The summed E-state index contributed by atoms with van der Waals surface area (Å²) in [6.07, 6.45) is 3.57. The van der Waals surface area contributed by atoms with E-state index in [1.54, 1.807) is 6.07 Å². The van der Waals surface area contributed by atoms with E-state index in [2.05, 4.69) is 22.8 Å². The minimum Gasteiger partial charge on any atom is -0.494 e. The molecular weight excluding hydrogens is 437 g/mol. The Morgan fingerprint density at radius 3 is 2.61 bits per heavy atom. The molecule has 166 valence electrons. The molecule has 1 atom stereocenters. The van der Waals surface area contributed by atoms with Crippen LogP contribution in [0.5, 0.6) is 5.75 Å². The molecule has 0 saturated carbocycles. The molecule has 0 radical (unpaired) electrons. The molecule has 0 saturated heterocycles. The molecule has 0 heterocycles. The van der Waals surface area contributed by atoms with Crippen LogP contribution < -0.4 is 15.5 Å². The summed E-state index contributed by atoms with van der Waals surface area (Å²) >= 11 is 12.0. The molecule has 31 heavy (non-hydrogen) atoms. The number of halogens is 2. The van der Waals surface area contributed by atoms with Crippen LogP contribution in [-0.4, -0.2) is 30.7 Å². The summed E-state index contributed by atoms with van der Waals surface area (Å²) in [5, 5.41) is 7.36. The summed E-state index contributed by atoms with van der Waals surface area (Å²) in [6.45, 7) is 6.41. The van der Waals surface area contributed by atoms with Gasteiger partial charge in [-0.25, -0.2) is 5.43 Å². The topological polar surface area (TPSA) is 79.8 Å². The lowest BCUT2D eigenvalue weighted by Gasteiger charge is -2.20. The number of hydrazone groups is 1. The Morgan fingerprint density at radius 1 is 1.16 bits per heavy atom. The van der Waals surface area contributed by atoms with Crippen molar-refractivity contribution in [1.82, 2.24) is 10.7 Å².